The van der Waals surface area contributed by atoms with Gasteiger partial charge in [-0.2, -0.15) is 0 Å². The fourth-order valence-electron chi connectivity index (χ4n) is 2.81. The molecule has 0 atom stereocenters. The Morgan fingerprint density at radius 1 is 1.09 bits per heavy atom. The molecule has 0 aromatic rings. The number of nitrogens with zero attached hydrogens (tertiary/aromatic N) is 1. The van der Waals surface area contributed by atoms with Crippen LogP contribution in [0.5, 0.6) is 0 Å². The van der Waals surface area contributed by atoms with Crippen LogP contribution in [0, 0.1) is 5.92 Å². The lowest BCUT2D eigenvalue weighted by Crippen LogP contribution is -2.38. The van der Waals surface area contributed by atoms with E-state index in [1.54, 1.807) is 7.11 Å². The average molecular weight is 313 g/mol. The summed E-state index contributed by atoms with van der Waals surface area (Å²) in [6, 6.07) is 0. The van der Waals surface area contributed by atoms with Gasteiger partial charge in [-0.05, 0) is 25.7 Å². The molecule has 5 nitrogen and oxygen atoms in total. The Morgan fingerprint density at radius 2 is 1.91 bits per heavy atom. The average Bonchev–Trinajstić information content (AvgIpc) is 2.55. The van der Waals surface area contributed by atoms with Crippen LogP contribution in [-0.4, -0.2) is 52.5 Å². The fourth-order valence-corrected chi connectivity index (χ4v) is 2.81. The summed E-state index contributed by atoms with van der Waals surface area (Å²) in [6.07, 6.45) is 9.31. The lowest BCUT2D eigenvalue weighted by Gasteiger charge is -2.22. The number of rotatable bonds is 11. The molecule has 130 valence electrons. The Morgan fingerprint density at radius 3 is 2.64 bits per heavy atom. The third kappa shape index (κ3) is 10.0. The van der Waals surface area contributed by atoms with Gasteiger partial charge in [0.15, 0.2) is 5.96 Å². The van der Waals surface area contributed by atoms with Gasteiger partial charge in [0, 0.05) is 33.4 Å². The zero-order valence-corrected chi connectivity index (χ0v) is 14.5. The summed E-state index contributed by atoms with van der Waals surface area (Å²) < 4.78 is 10.4. The topological polar surface area (TPSA) is 54.9 Å². The minimum atomic E-state index is 0.661. The summed E-state index contributed by atoms with van der Waals surface area (Å²) in [4.78, 5) is 4.60. The summed E-state index contributed by atoms with van der Waals surface area (Å²) in [6.45, 7) is 6.90. The zero-order valence-electron chi connectivity index (χ0n) is 14.5. The Hall–Kier alpha value is -0.810. The summed E-state index contributed by atoms with van der Waals surface area (Å²) in [5, 5.41) is 6.77. The Balaban J connectivity index is 2.09. The van der Waals surface area contributed by atoms with Crippen molar-refractivity contribution in [3.63, 3.8) is 0 Å². The largest absolute Gasteiger partial charge is 0.382 e. The predicted octanol–water partition coefficient (Wildman–Crippen LogP) is 2.57. The maximum Gasteiger partial charge on any atom is 0.191 e. The summed E-state index contributed by atoms with van der Waals surface area (Å²) >= 11 is 0. The molecular formula is C17H35N3O2. The number of nitrogens with one attached hydrogen (secondary N) is 2. The lowest BCUT2D eigenvalue weighted by molar-refractivity contribution is 0.0702. The third-order valence-corrected chi connectivity index (χ3v) is 4.06. The van der Waals surface area contributed by atoms with Crippen LogP contribution in [-0.2, 0) is 9.47 Å². The molecule has 0 aliphatic heterocycles. The maximum atomic E-state index is 5.44. The molecule has 0 heterocycles. The molecule has 1 saturated carbocycles. The second-order valence-corrected chi connectivity index (χ2v) is 5.94. The van der Waals surface area contributed by atoms with E-state index in [2.05, 4.69) is 22.5 Å². The van der Waals surface area contributed by atoms with Crippen LogP contribution in [0.3, 0.4) is 0 Å². The van der Waals surface area contributed by atoms with Crippen molar-refractivity contribution >= 4 is 5.96 Å². The van der Waals surface area contributed by atoms with Gasteiger partial charge in [-0.15, -0.1) is 0 Å². The van der Waals surface area contributed by atoms with Gasteiger partial charge in [0.05, 0.1) is 13.2 Å². The summed E-state index contributed by atoms with van der Waals surface area (Å²) in [5.74, 6) is 1.86. The molecule has 0 radical (unpaired) electrons. The second kappa shape index (κ2) is 13.8. The van der Waals surface area contributed by atoms with Crippen molar-refractivity contribution in [3.05, 3.63) is 0 Å². The Bertz CT molecular complexity index is 279. The van der Waals surface area contributed by atoms with Gasteiger partial charge in [-0.25, -0.2) is 0 Å². The molecule has 1 fully saturated rings. The number of guanidine groups is 1. The van der Waals surface area contributed by atoms with Crippen LogP contribution < -0.4 is 10.6 Å². The second-order valence-electron chi connectivity index (χ2n) is 5.94. The first-order valence-corrected chi connectivity index (χ1v) is 8.95. The van der Waals surface area contributed by atoms with Crippen molar-refractivity contribution in [3.8, 4) is 0 Å². The first kappa shape index (κ1) is 19.2. The van der Waals surface area contributed by atoms with E-state index in [9.17, 15) is 0 Å². The molecule has 0 aromatic heterocycles. The minimum Gasteiger partial charge on any atom is -0.382 e. The van der Waals surface area contributed by atoms with Gasteiger partial charge >= 0.3 is 0 Å². The van der Waals surface area contributed by atoms with Crippen LogP contribution in [0.2, 0.25) is 0 Å². The van der Waals surface area contributed by atoms with E-state index in [0.717, 1.165) is 44.5 Å². The normalized spacial score (nSPS) is 16.7. The SMILES string of the molecule is CCNC(=NCCCOCCOC)NCCC1CCCCC1. The van der Waals surface area contributed by atoms with Crippen molar-refractivity contribution < 1.29 is 9.47 Å². The first-order chi connectivity index (χ1) is 10.9. The summed E-state index contributed by atoms with van der Waals surface area (Å²) in [5.41, 5.74) is 0. The molecule has 0 saturated heterocycles. The molecule has 5 heteroatoms. The van der Waals surface area contributed by atoms with Crippen LogP contribution in [0.15, 0.2) is 4.99 Å². The van der Waals surface area contributed by atoms with E-state index in [1.165, 1.54) is 38.5 Å². The van der Waals surface area contributed by atoms with E-state index in [0.29, 0.717) is 13.2 Å². The molecule has 2 N–H and O–H groups in total. The summed E-state index contributed by atoms with van der Waals surface area (Å²) in [7, 11) is 1.69. The molecule has 0 amide bonds. The number of ether oxygens (including phenoxy) is 2. The molecule has 0 unspecified atom stereocenters. The molecule has 22 heavy (non-hydrogen) atoms. The maximum absolute atomic E-state index is 5.44. The molecule has 0 bridgehead atoms. The van der Waals surface area contributed by atoms with Gasteiger partial charge in [0.25, 0.3) is 0 Å². The van der Waals surface area contributed by atoms with Gasteiger partial charge < -0.3 is 20.1 Å². The Labute approximate surface area is 136 Å². The van der Waals surface area contributed by atoms with Gasteiger partial charge in [0.1, 0.15) is 0 Å². The van der Waals surface area contributed by atoms with Crippen LogP contribution in [0.25, 0.3) is 0 Å². The smallest absolute Gasteiger partial charge is 0.191 e. The van der Waals surface area contributed by atoms with E-state index < -0.39 is 0 Å². The highest BCUT2D eigenvalue weighted by Crippen LogP contribution is 2.25. The standard InChI is InChI=1S/C17H35N3O2/c1-3-18-17(19-11-7-13-22-15-14-21-2)20-12-10-16-8-5-4-6-9-16/h16H,3-15H2,1-2H3,(H2,18,19,20). The van der Waals surface area contributed by atoms with Crippen molar-refractivity contribution in [1.82, 2.24) is 10.6 Å². The van der Waals surface area contributed by atoms with E-state index in [1.807, 2.05) is 0 Å². The van der Waals surface area contributed by atoms with Gasteiger partial charge in [-0.1, -0.05) is 32.1 Å². The minimum absolute atomic E-state index is 0.661. The first-order valence-electron chi connectivity index (χ1n) is 8.95. The molecule has 1 aliphatic carbocycles. The van der Waals surface area contributed by atoms with E-state index in [4.69, 9.17) is 9.47 Å². The van der Waals surface area contributed by atoms with Crippen molar-refractivity contribution in [2.24, 2.45) is 10.9 Å². The molecule has 1 aliphatic rings. The molecule has 0 spiro atoms. The Kier molecular flexibility index (Phi) is 12.1. The lowest BCUT2D eigenvalue weighted by atomic mass is 9.87. The zero-order chi connectivity index (χ0) is 15.9. The van der Waals surface area contributed by atoms with E-state index >= 15 is 0 Å². The predicted molar refractivity (Wildman–Crippen MR) is 92.5 cm³/mol. The van der Waals surface area contributed by atoms with Gasteiger partial charge in [-0.3, -0.25) is 4.99 Å². The van der Waals surface area contributed by atoms with Crippen molar-refractivity contribution in [1.29, 1.82) is 0 Å². The highest BCUT2D eigenvalue weighted by molar-refractivity contribution is 5.79. The van der Waals surface area contributed by atoms with Crippen molar-refractivity contribution in [2.45, 2.75) is 51.9 Å². The number of aliphatic imine (C=N–C) groups is 1. The number of hydrogen-bond acceptors (Lipinski definition) is 3. The van der Waals surface area contributed by atoms with Crippen LogP contribution in [0.1, 0.15) is 51.9 Å². The quantitative estimate of drug-likeness (QED) is 0.350. The highest BCUT2D eigenvalue weighted by Gasteiger charge is 2.12. The molecule has 0 aromatic carbocycles. The van der Waals surface area contributed by atoms with Gasteiger partial charge in [0.2, 0.25) is 0 Å². The third-order valence-electron chi connectivity index (χ3n) is 4.06. The molecule has 1 rings (SSSR count). The van der Waals surface area contributed by atoms with Crippen LogP contribution in [0.4, 0.5) is 0 Å². The fraction of sp³-hybridized carbons (Fsp3) is 0.941. The highest BCUT2D eigenvalue weighted by atomic mass is 16.5. The van der Waals surface area contributed by atoms with Crippen molar-refractivity contribution in [2.75, 3.05) is 46.6 Å². The monoisotopic (exact) mass is 313 g/mol. The van der Waals surface area contributed by atoms with E-state index in [-0.39, 0.29) is 0 Å². The number of hydrogen-bond donors (Lipinski definition) is 2. The molecular weight excluding hydrogens is 278 g/mol. The van der Waals surface area contributed by atoms with Crippen LogP contribution >= 0.6 is 0 Å². The number of methoxy groups -OCH3 is 1.